The van der Waals surface area contributed by atoms with E-state index in [-0.39, 0.29) is 91.8 Å². The molecule has 0 saturated heterocycles. The Kier molecular flexibility index (Phi) is 10.8. The van der Waals surface area contributed by atoms with Crippen molar-refractivity contribution in [1.29, 1.82) is 0 Å². The van der Waals surface area contributed by atoms with Crippen LogP contribution in [0, 0.1) is 0 Å². The molecule has 0 atom stereocenters. The van der Waals surface area contributed by atoms with Gasteiger partial charge in [0.15, 0.2) is 23.1 Å². The van der Waals surface area contributed by atoms with E-state index >= 15 is 0 Å². The van der Waals surface area contributed by atoms with Crippen LogP contribution in [0.2, 0.25) is 0 Å². The number of aromatic nitrogens is 4. The third-order valence-electron chi connectivity index (χ3n) is 5.13. The molecule has 0 amide bonds. The van der Waals surface area contributed by atoms with Gasteiger partial charge >= 0.3 is 0 Å². The zero-order chi connectivity index (χ0) is 26.3. The molecule has 0 fully saturated rings. The first-order valence-electron chi connectivity index (χ1n) is 11.3. The number of para-hydroxylation sites is 2. The molecule has 38 heavy (non-hydrogen) atoms. The summed E-state index contributed by atoms with van der Waals surface area (Å²) in [6, 6.07) is 17.7. The number of hydrogen-bond donors (Lipinski definition) is 1. The summed E-state index contributed by atoms with van der Waals surface area (Å²) in [5.74, 6) is 0.746. The second-order valence-corrected chi connectivity index (χ2v) is 9.28. The average Bonchev–Trinajstić information content (AvgIpc) is 2.93. The third kappa shape index (κ3) is 7.15. The van der Waals surface area contributed by atoms with E-state index in [1.807, 2.05) is 30.3 Å². The van der Waals surface area contributed by atoms with Crippen molar-refractivity contribution in [2.45, 2.75) is 13.3 Å². The van der Waals surface area contributed by atoms with Crippen molar-refractivity contribution in [1.82, 2.24) is 19.9 Å². The van der Waals surface area contributed by atoms with Gasteiger partial charge in [0.2, 0.25) is 11.6 Å². The summed E-state index contributed by atoms with van der Waals surface area (Å²) >= 11 is 0. The van der Waals surface area contributed by atoms with Crippen LogP contribution in [0.5, 0.6) is 23.1 Å². The topological polar surface area (TPSA) is 125 Å². The average molecular weight is 559 g/mol. The molecule has 0 saturated carbocycles. The molecule has 2 aromatic carbocycles. The Morgan fingerprint density at radius 2 is 1.53 bits per heavy atom. The van der Waals surface area contributed by atoms with E-state index in [1.165, 1.54) is 26.6 Å². The fourth-order valence-corrected chi connectivity index (χ4v) is 4.55. The number of benzene rings is 2. The summed E-state index contributed by atoms with van der Waals surface area (Å²) < 4.78 is 46.5. The van der Waals surface area contributed by atoms with Crippen LogP contribution in [0.3, 0.4) is 0 Å². The second kappa shape index (κ2) is 13.8. The molecule has 4 rings (SSSR count). The number of sulfonamides is 1. The monoisotopic (exact) mass is 558 g/mol. The normalized spacial score (nSPS) is 11.3. The van der Waals surface area contributed by atoms with Crippen molar-refractivity contribution in [3.63, 3.8) is 0 Å². The first-order valence-corrected chi connectivity index (χ1v) is 12.8. The van der Waals surface area contributed by atoms with Gasteiger partial charge < -0.3 is 14.2 Å². The quantitative estimate of drug-likeness (QED) is 0.279. The van der Waals surface area contributed by atoms with Crippen LogP contribution in [-0.2, 0) is 10.0 Å². The largest absolute Gasteiger partial charge is 0.493 e. The summed E-state index contributed by atoms with van der Waals surface area (Å²) in [5, 5.41) is 0. The van der Waals surface area contributed by atoms with Crippen LogP contribution in [0.1, 0.15) is 18.9 Å². The molecular weight excluding hydrogens is 533 g/mol. The maximum Gasteiger partial charge on any atom is 0.263 e. The molecule has 2 aromatic heterocycles. The third-order valence-corrected chi connectivity index (χ3v) is 6.69. The Labute approximate surface area is 264 Å². The molecule has 0 spiro atoms. The number of rotatable bonds is 10. The van der Waals surface area contributed by atoms with E-state index in [0.717, 1.165) is 5.56 Å². The minimum absolute atomic E-state index is 0. The molecule has 2 heterocycles. The van der Waals surface area contributed by atoms with Crippen LogP contribution in [0.4, 0.5) is 5.82 Å². The fraction of sp³-hybridized carbons (Fsp3) is 0.154. The first kappa shape index (κ1) is 29.7. The van der Waals surface area contributed by atoms with Crippen molar-refractivity contribution in [2.75, 3.05) is 18.9 Å². The van der Waals surface area contributed by atoms with Crippen LogP contribution in [-0.4, -0.2) is 94.0 Å². The molecule has 10 nitrogen and oxygen atoms in total. The maximum atomic E-state index is 13.5. The summed E-state index contributed by atoms with van der Waals surface area (Å²) in [7, 11) is -1.18. The van der Waals surface area contributed by atoms with Crippen LogP contribution in [0.25, 0.3) is 17.7 Å². The maximum absolute atomic E-state index is 13.5. The van der Waals surface area contributed by atoms with Gasteiger partial charge in [-0.2, -0.15) is 4.98 Å². The summed E-state index contributed by atoms with van der Waals surface area (Å²) in [5.41, 5.74) is 0.744. The van der Waals surface area contributed by atoms with Gasteiger partial charge in [0.25, 0.3) is 15.9 Å². The van der Waals surface area contributed by atoms with E-state index in [4.69, 9.17) is 14.2 Å². The zero-order valence-electron chi connectivity index (χ0n) is 21.5. The fourth-order valence-electron chi connectivity index (χ4n) is 3.35. The Balaban J connectivity index is 0.00000400. The smallest absolute Gasteiger partial charge is 0.263 e. The van der Waals surface area contributed by atoms with Crippen LogP contribution >= 0.6 is 0 Å². The number of hydrogen-bond acceptors (Lipinski definition) is 9. The van der Waals surface area contributed by atoms with Crippen molar-refractivity contribution in [3.05, 3.63) is 83.5 Å². The van der Waals surface area contributed by atoms with Crippen molar-refractivity contribution in [2.24, 2.45) is 0 Å². The van der Waals surface area contributed by atoms with Gasteiger partial charge in [-0.1, -0.05) is 49.4 Å². The number of anilines is 1. The van der Waals surface area contributed by atoms with Gasteiger partial charge in [0.1, 0.15) is 0 Å². The predicted molar refractivity (Wildman–Crippen MR) is 146 cm³/mol. The van der Waals surface area contributed by atoms with Crippen molar-refractivity contribution >= 4 is 73.3 Å². The molecule has 0 aliphatic heterocycles. The summed E-state index contributed by atoms with van der Waals surface area (Å²) in [6.45, 7) is 1.75. The molecule has 12 heteroatoms. The van der Waals surface area contributed by atoms with Crippen molar-refractivity contribution < 1.29 is 22.6 Å². The second-order valence-electron chi connectivity index (χ2n) is 7.54. The first-order chi connectivity index (χ1) is 17.9. The van der Waals surface area contributed by atoms with Gasteiger partial charge in [-0.3, -0.25) is 4.72 Å². The van der Waals surface area contributed by atoms with E-state index in [9.17, 15) is 8.42 Å². The molecule has 191 valence electrons. The van der Waals surface area contributed by atoms with Crippen LogP contribution < -0.4 is 18.9 Å². The molecule has 1 radical (unpaired) electrons. The standard InChI is InChI=1S/C26H25N5O5S.K/c1-4-19(17-18-11-6-5-7-12-18)37(32,33)31-23-22(36-21-14-9-8-13-20(21)34-2)26(35-3)30-25(29-23)24-27-15-10-16-28-24;/h5-17H,4H2,1-3H3,(H,29,30,31);. The Morgan fingerprint density at radius 1 is 0.868 bits per heavy atom. The minimum atomic E-state index is -4.06. The van der Waals surface area contributed by atoms with Gasteiger partial charge in [-0.05, 0) is 36.3 Å². The molecule has 0 unspecified atom stereocenters. The van der Waals surface area contributed by atoms with E-state index in [2.05, 4.69) is 24.7 Å². The molecule has 4 aromatic rings. The van der Waals surface area contributed by atoms with Gasteiger partial charge in [-0.25, -0.2) is 23.4 Å². The Morgan fingerprint density at radius 3 is 2.16 bits per heavy atom. The zero-order valence-corrected chi connectivity index (χ0v) is 25.4. The van der Waals surface area contributed by atoms with Gasteiger partial charge in [0.05, 0.1) is 19.1 Å². The van der Waals surface area contributed by atoms with Gasteiger partial charge in [0, 0.05) is 63.8 Å². The number of methoxy groups -OCH3 is 2. The molecule has 1 N–H and O–H groups in total. The van der Waals surface area contributed by atoms with E-state index < -0.39 is 10.0 Å². The van der Waals surface area contributed by atoms with Crippen LogP contribution in [0.15, 0.2) is 78.0 Å². The Bertz CT molecular complexity index is 1500. The van der Waals surface area contributed by atoms with Gasteiger partial charge in [-0.15, -0.1) is 0 Å². The molecule has 0 aliphatic carbocycles. The van der Waals surface area contributed by atoms with Crippen molar-refractivity contribution in [3.8, 4) is 34.8 Å². The SMILES string of the molecule is CCC(=Cc1ccccc1)S(=O)(=O)Nc1nc(-c2ncccn2)nc(OC)c1Oc1ccccc1OC.[K]. The summed E-state index contributed by atoms with van der Waals surface area (Å²) in [4.78, 5) is 17.3. The minimum Gasteiger partial charge on any atom is -0.493 e. The number of nitrogens with zero attached hydrogens (tertiary/aromatic N) is 4. The number of nitrogens with one attached hydrogen (secondary N) is 1. The van der Waals surface area contributed by atoms with E-state index in [1.54, 1.807) is 43.3 Å². The molecule has 0 bridgehead atoms. The molecule has 0 aliphatic rings. The Hall–Kier alpha value is -2.87. The number of ether oxygens (including phenoxy) is 3. The summed E-state index contributed by atoms with van der Waals surface area (Å²) in [6.07, 6.45) is 4.89. The van der Waals surface area contributed by atoms with E-state index in [0.29, 0.717) is 11.5 Å². The molecular formula is C26H25KN5O5S. The predicted octanol–water partition coefficient (Wildman–Crippen LogP) is 4.56. The number of allylic oxidation sites excluding steroid dienone is 1.